The largest absolute Gasteiger partial charge is 0.497 e. The SMILES string of the molecule is CCOC(=O)C1(C(F)(F)F)C(C#N)=C(N)Oc2[nH]c3ccc(OC)cc3c21. The van der Waals surface area contributed by atoms with E-state index in [4.69, 9.17) is 19.9 Å². The molecule has 27 heavy (non-hydrogen) atoms. The summed E-state index contributed by atoms with van der Waals surface area (Å²) in [6.07, 6.45) is -5.23. The molecule has 0 spiro atoms. The first-order valence-electron chi connectivity index (χ1n) is 7.74. The van der Waals surface area contributed by atoms with Gasteiger partial charge in [0, 0.05) is 10.9 Å². The number of nitrogens with zero attached hydrogens (tertiary/aromatic N) is 1. The molecule has 0 aliphatic carbocycles. The molecule has 0 bridgehead atoms. The quantitative estimate of drug-likeness (QED) is 0.791. The molecule has 0 amide bonds. The maximum Gasteiger partial charge on any atom is 0.414 e. The summed E-state index contributed by atoms with van der Waals surface area (Å²) in [4.78, 5) is 15.3. The Morgan fingerprint density at radius 2 is 2.15 bits per heavy atom. The van der Waals surface area contributed by atoms with Gasteiger partial charge in [-0.05, 0) is 25.1 Å². The van der Waals surface area contributed by atoms with Gasteiger partial charge >= 0.3 is 12.1 Å². The van der Waals surface area contributed by atoms with Crippen molar-refractivity contribution in [1.82, 2.24) is 4.98 Å². The monoisotopic (exact) mass is 381 g/mol. The number of ether oxygens (including phenoxy) is 3. The van der Waals surface area contributed by atoms with Gasteiger partial charge in [-0.2, -0.15) is 18.4 Å². The number of methoxy groups -OCH3 is 1. The van der Waals surface area contributed by atoms with Gasteiger partial charge in [0.05, 0.1) is 19.3 Å². The third kappa shape index (κ3) is 2.38. The molecule has 3 rings (SSSR count). The van der Waals surface area contributed by atoms with Crippen LogP contribution in [-0.4, -0.2) is 30.8 Å². The van der Waals surface area contributed by atoms with Crippen molar-refractivity contribution >= 4 is 16.9 Å². The molecule has 1 aromatic carbocycles. The van der Waals surface area contributed by atoms with E-state index >= 15 is 0 Å². The fourth-order valence-electron chi connectivity index (χ4n) is 3.17. The second-order valence-electron chi connectivity index (χ2n) is 5.66. The first-order valence-corrected chi connectivity index (χ1v) is 7.74. The molecule has 2 aromatic rings. The Labute approximate surface area is 151 Å². The standard InChI is InChI=1S/C17H14F3N3O4/c1-3-26-15(24)16(17(18,19)20)10(7-21)13(22)27-14-12(16)9-6-8(25-2)4-5-11(9)23-14/h4-6,23H,3,22H2,1-2H3. The zero-order valence-corrected chi connectivity index (χ0v) is 14.2. The smallest absolute Gasteiger partial charge is 0.414 e. The molecular weight excluding hydrogens is 367 g/mol. The molecule has 1 aliphatic heterocycles. The normalized spacial score (nSPS) is 19.3. The highest BCUT2D eigenvalue weighted by molar-refractivity contribution is 6.00. The molecule has 142 valence electrons. The summed E-state index contributed by atoms with van der Waals surface area (Å²) in [6, 6.07) is 5.67. The van der Waals surface area contributed by atoms with E-state index in [0.29, 0.717) is 0 Å². The van der Waals surface area contributed by atoms with E-state index in [1.165, 1.54) is 38.3 Å². The maximum atomic E-state index is 14.4. The van der Waals surface area contributed by atoms with E-state index in [1.54, 1.807) is 0 Å². The number of fused-ring (bicyclic) bond motifs is 3. The van der Waals surface area contributed by atoms with Crippen molar-refractivity contribution in [3.63, 3.8) is 0 Å². The van der Waals surface area contributed by atoms with Gasteiger partial charge in [0.25, 0.3) is 0 Å². The summed E-state index contributed by atoms with van der Waals surface area (Å²) in [5, 5.41) is 9.40. The molecular formula is C17H14F3N3O4. The minimum Gasteiger partial charge on any atom is -0.497 e. The van der Waals surface area contributed by atoms with Gasteiger partial charge in [-0.3, -0.25) is 4.79 Å². The van der Waals surface area contributed by atoms with E-state index in [2.05, 4.69) is 4.98 Å². The van der Waals surface area contributed by atoms with Gasteiger partial charge in [0.1, 0.15) is 17.4 Å². The van der Waals surface area contributed by atoms with Crippen LogP contribution in [0.2, 0.25) is 0 Å². The van der Waals surface area contributed by atoms with E-state index in [0.717, 1.165) is 0 Å². The van der Waals surface area contributed by atoms with Crippen LogP contribution >= 0.6 is 0 Å². The zero-order valence-electron chi connectivity index (χ0n) is 14.2. The van der Waals surface area contributed by atoms with E-state index < -0.39 is 34.6 Å². The Morgan fingerprint density at radius 3 is 2.70 bits per heavy atom. The van der Waals surface area contributed by atoms with Crippen LogP contribution in [-0.2, 0) is 14.9 Å². The number of esters is 1. The molecule has 1 atom stereocenters. The Kier molecular flexibility index (Phi) is 4.18. The highest BCUT2D eigenvalue weighted by Crippen LogP contribution is 2.55. The first kappa shape index (κ1) is 18.4. The summed E-state index contributed by atoms with van der Waals surface area (Å²) in [5.41, 5.74) is 0.713. The Bertz CT molecular complexity index is 1000. The molecule has 2 heterocycles. The molecule has 1 unspecified atom stereocenters. The number of hydrogen-bond donors (Lipinski definition) is 2. The fourth-order valence-corrected chi connectivity index (χ4v) is 3.17. The molecule has 0 saturated carbocycles. The number of alkyl halides is 3. The predicted molar refractivity (Wildman–Crippen MR) is 86.7 cm³/mol. The van der Waals surface area contributed by atoms with Crippen molar-refractivity contribution in [1.29, 1.82) is 5.26 Å². The van der Waals surface area contributed by atoms with Crippen LogP contribution in [0.1, 0.15) is 12.5 Å². The molecule has 0 fully saturated rings. The number of nitrogens with two attached hydrogens (primary N) is 1. The van der Waals surface area contributed by atoms with Crippen molar-refractivity contribution in [2.75, 3.05) is 13.7 Å². The minimum atomic E-state index is -5.23. The Morgan fingerprint density at radius 1 is 1.44 bits per heavy atom. The number of carbonyl (C=O) groups excluding carboxylic acids is 1. The Hall–Kier alpha value is -3.35. The Balaban J connectivity index is 2.50. The average molecular weight is 381 g/mol. The minimum absolute atomic E-state index is 0.00465. The number of rotatable bonds is 3. The molecule has 0 saturated heterocycles. The number of carbonyl (C=O) groups is 1. The predicted octanol–water partition coefficient (Wildman–Crippen LogP) is 2.63. The van der Waals surface area contributed by atoms with Crippen molar-refractivity contribution < 1.29 is 32.2 Å². The average Bonchev–Trinajstić information content (AvgIpc) is 2.96. The van der Waals surface area contributed by atoms with Crippen molar-refractivity contribution in [2.45, 2.75) is 18.5 Å². The van der Waals surface area contributed by atoms with Gasteiger partial charge in [-0.25, -0.2) is 0 Å². The van der Waals surface area contributed by atoms with E-state index in [1.807, 2.05) is 0 Å². The summed E-state index contributed by atoms with van der Waals surface area (Å²) >= 11 is 0. The van der Waals surface area contributed by atoms with Crippen LogP contribution in [0.25, 0.3) is 10.9 Å². The number of H-pyrrole nitrogens is 1. The van der Waals surface area contributed by atoms with Crippen LogP contribution in [0.15, 0.2) is 29.7 Å². The van der Waals surface area contributed by atoms with Crippen molar-refractivity contribution in [3.8, 4) is 17.7 Å². The van der Waals surface area contributed by atoms with Gasteiger partial charge in [-0.1, -0.05) is 0 Å². The molecule has 3 N–H and O–H groups in total. The summed E-state index contributed by atoms with van der Waals surface area (Å²) in [6.45, 7) is 1.04. The third-order valence-corrected chi connectivity index (χ3v) is 4.30. The molecule has 7 nitrogen and oxygen atoms in total. The van der Waals surface area contributed by atoms with E-state index in [9.17, 15) is 23.2 Å². The number of aromatic nitrogens is 1. The van der Waals surface area contributed by atoms with Crippen molar-refractivity contribution in [2.24, 2.45) is 5.73 Å². The number of benzene rings is 1. The lowest BCUT2D eigenvalue weighted by Crippen LogP contribution is -2.54. The molecule has 1 aromatic heterocycles. The van der Waals surface area contributed by atoms with Gasteiger partial charge in [0.15, 0.2) is 0 Å². The maximum absolute atomic E-state index is 14.4. The number of hydrogen-bond acceptors (Lipinski definition) is 6. The highest BCUT2D eigenvalue weighted by atomic mass is 19.4. The zero-order chi connectivity index (χ0) is 20.0. The first-order chi connectivity index (χ1) is 12.7. The van der Waals surface area contributed by atoms with Gasteiger partial charge < -0.3 is 24.9 Å². The number of nitriles is 1. The second-order valence-corrected chi connectivity index (χ2v) is 5.66. The van der Waals surface area contributed by atoms with Gasteiger partial charge in [-0.15, -0.1) is 0 Å². The highest BCUT2D eigenvalue weighted by Gasteiger charge is 2.70. The number of nitrogens with one attached hydrogen (secondary N) is 1. The van der Waals surface area contributed by atoms with E-state index in [-0.39, 0.29) is 29.1 Å². The van der Waals surface area contributed by atoms with Crippen LogP contribution in [0, 0.1) is 11.3 Å². The lowest BCUT2D eigenvalue weighted by molar-refractivity contribution is -0.201. The molecule has 10 heteroatoms. The van der Waals surface area contributed by atoms with Crippen LogP contribution < -0.4 is 15.2 Å². The number of aromatic amines is 1. The topological polar surface area (TPSA) is 110 Å². The summed E-state index contributed by atoms with van der Waals surface area (Å²) < 4.78 is 58.2. The van der Waals surface area contributed by atoms with Crippen LogP contribution in [0.5, 0.6) is 11.6 Å². The summed E-state index contributed by atoms with van der Waals surface area (Å²) in [5.74, 6) is -2.62. The van der Waals surface area contributed by atoms with Crippen LogP contribution in [0.4, 0.5) is 13.2 Å². The number of halogens is 3. The third-order valence-electron chi connectivity index (χ3n) is 4.30. The second kappa shape index (κ2) is 6.12. The summed E-state index contributed by atoms with van der Waals surface area (Å²) in [7, 11) is 1.34. The molecule has 0 radical (unpaired) electrons. The lowest BCUT2D eigenvalue weighted by Gasteiger charge is -2.36. The van der Waals surface area contributed by atoms with Gasteiger partial charge in [0.2, 0.25) is 17.2 Å². The van der Waals surface area contributed by atoms with Crippen LogP contribution in [0.3, 0.4) is 0 Å². The fraction of sp³-hybridized carbons (Fsp3) is 0.294. The molecule has 1 aliphatic rings. The lowest BCUT2D eigenvalue weighted by atomic mass is 9.72. The van der Waals surface area contributed by atoms with Crippen molar-refractivity contribution in [3.05, 3.63) is 35.2 Å².